The Morgan fingerprint density at radius 3 is 2.27 bits per heavy atom. The molecule has 0 heterocycles. The lowest BCUT2D eigenvalue weighted by Crippen LogP contribution is -2.32. The van der Waals surface area contributed by atoms with Crippen molar-refractivity contribution in [2.75, 3.05) is 6.54 Å². The van der Waals surface area contributed by atoms with Gasteiger partial charge in [-0.05, 0) is 30.5 Å². The van der Waals surface area contributed by atoms with E-state index in [4.69, 9.17) is 16.6 Å². The fraction of sp³-hybridized carbons (Fsp3) is 0.364. The Balaban J connectivity index is 2.60. The van der Waals surface area contributed by atoms with Crippen molar-refractivity contribution >= 4 is 5.97 Å². The second kappa shape index (κ2) is 5.48. The number of carboxylic acid groups (broad SMARTS) is 1. The summed E-state index contributed by atoms with van der Waals surface area (Å²) in [5.74, 6) is -0.971. The lowest BCUT2D eigenvalue weighted by molar-refractivity contribution is -0.138. The van der Waals surface area contributed by atoms with Crippen molar-refractivity contribution in [1.29, 1.82) is 0 Å². The van der Waals surface area contributed by atoms with E-state index in [0.717, 1.165) is 17.5 Å². The summed E-state index contributed by atoms with van der Waals surface area (Å²) >= 11 is 0. The number of aliphatic carboxylic acids is 1. The molecule has 5 N–H and O–H groups in total. The van der Waals surface area contributed by atoms with Crippen LogP contribution in [0.1, 0.15) is 11.1 Å². The summed E-state index contributed by atoms with van der Waals surface area (Å²) in [6, 6.07) is 6.88. The second-order valence-corrected chi connectivity index (χ2v) is 3.50. The van der Waals surface area contributed by atoms with Gasteiger partial charge in [0.05, 0.1) is 0 Å². The molecule has 0 spiro atoms. The van der Waals surface area contributed by atoms with Crippen molar-refractivity contribution in [2.24, 2.45) is 11.5 Å². The molecule has 1 aromatic rings. The van der Waals surface area contributed by atoms with Gasteiger partial charge in [-0.2, -0.15) is 0 Å². The summed E-state index contributed by atoms with van der Waals surface area (Å²) in [5, 5.41) is 8.64. The van der Waals surface area contributed by atoms with Gasteiger partial charge in [0.25, 0.3) is 0 Å². The fourth-order valence-electron chi connectivity index (χ4n) is 1.35. The van der Waals surface area contributed by atoms with Crippen LogP contribution in [0.25, 0.3) is 0 Å². The second-order valence-electron chi connectivity index (χ2n) is 3.50. The van der Waals surface area contributed by atoms with Crippen LogP contribution < -0.4 is 11.5 Å². The molecule has 15 heavy (non-hydrogen) atoms. The maximum absolute atomic E-state index is 10.5. The SMILES string of the molecule is NCCc1ccc(C[C@H](N)C(=O)O)cc1. The van der Waals surface area contributed by atoms with Gasteiger partial charge >= 0.3 is 5.97 Å². The Labute approximate surface area is 88.9 Å². The van der Waals surface area contributed by atoms with E-state index in [1.165, 1.54) is 0 Å². The van der Waals surface area contributed by atoms with Crippen LogP contribution in [0.15, 0.2) is 24.3 Å². The van der Waals surface area contributed by atoms with Crippen LogP contribution in [-0.2, 0) is 17.6 Å². The Morgan fingerprint density at radius 2 is 1.80 bits per heavy atom. The lowest BCUT2D eigenvalue weighted by atomic mass is 10.0. The van der Waals surface area contributed by atoms with Crippen LogP contribution in [0.4, 0.5) is 0 Å². The van der Waals surface area contributed by atoms with Crippen LogP contribution in [0, 0.1) is 0 Å². The molecule has 0 bridgehead atoms. The van der Waals surface area contributed by atoms with E-state index in [2.05, 4.69) is 0 Å². The molecule has 0 aliphatic carbocycles. The predicted molar refractivity (Wildman–Crippen MR) is 58.5 cm³/mol. The summed E-state index contributed by atoms with van der Waals surface area (Å²) in [5.41, 5.74) is 12.9. The van der Waals surface area contributed by atoms with E-state index in [-0.39, 0.29) is 0 Å². The first kappa shape index (κ1) is 11.7. The van der Waals surface area contributed by atoms with Gasteiger partial charge in [0.15, 0.2) is 0 Å². The number of hydrogen-bond donors (Lipinski definition) is 3. The number of rotatable bonds is 5. The predicted octanol–water partition coefficient (Wildman–Crippen LogP) is 0.142. The van der Waals surface area contributed by atoms with Crippen molar-refractivity contribution in [3.8, 4) is 0 Å². The molecule has 0 radical (unpaired) electrons. The van der Waals surface area contributed by atoms with Crippen molar-refractivity contribution in [3.63, 3.8) is 0 Å². The summed E-state index contributed by atoms with van der Waals surface area (Å²) in [6.45, 7) is 0.619. The van der Waals surface area contributed by atoms with Crippen LogP contribution in [0.3, 0.4) is 0 Å². The molecule has 1 rings (SSSR count). The summed E-state index contributed by atoms with van der Waals surface area (Å²) in [6.07, 6.45) is 1.20. The molecule has 4 nitrogen and oxygen atoms in total. The molecule has 0 saturated heterocycles. The van der Waals surface area contributed by atoms with Crippen molar-refractivity contribution in [1.82, 2.24) is 0 Å². The molecule has 0 aliphatic rings. The minimum atomic E-state index is -0.971. The molecule has 82 valence electrons. The largest absolute Gasteiger partial charge is 0.480 e. The van der Waals surface area contributed by atoms with Gasteiger partial charge in [-0.15, -0.1) is 0 Å². The average Bonchev–Trinajstić information content (AvgIpc) is 2.21. The van der Waals surface area contributed by atoms with Crippen LogP contribution in [-0.4, -0.2) is 23.7 Å². The molecule has 1 atom stereocenters. The van der Waals surface area contributed by atoms with Crippen molar-refractivity contribution in [2.45, 2.75) is 18.9 Å². The molecule has 0 saturated carbocycles. The lowest BCUT2D eigenvalue weighted by Gasteiger charge is -2.07. The molecule has 0 aromatic heterocycles. The van der Waals surface area contributed by atoms with E-state index >= 15 is 0 Å². The Bertz CT molecular complexity index is 322. The number of benzene rings is 1. The number of nitrogens with two attached hydrogens (primary N) is 2. The summed E-state index contributed by atoms with van der Waals surface area (Å²) in [7, 11) is 0. The Hall–Kier alpha value is -1.39. The monoisotopic (exact) mass is 208 g/mol. The molecule has 4 heteroatoms. The van der Waals surface area contributed by atoms with Gasteiger partial charge in [0, 0.05) is 0 Å². The first-order chi connectivity index (χ1) is 7.13. The van der Waals surface area contributed by atoms with Gasteiger partial charge in [-0.25, -0.2) is 0 Å². The fourth-order valence-corrected chi connectivity index (χ4v) is 1.35. The van der Waals surface area contributed by atoms with Gasteiger partial charge in [0.1, 0.15) is 6.04 Å². The Kier molecular flexibility index (Phi) is 4.27. The van der Waals surface area contributed by atoms with Crippen LogP contribution >= 0.6 is 0 Å². The van der Waals surface area contributed by atoms with Gasteiger partial charge < -0.3 is 16.6 Å². The zero-order valence-corrected chi connectivity index (χ0v) is 8.52. The average molecular weight is 208 g/mol. The molecule has 0 unspecified atom stereocenters. The summed E-state index contributed by atoms with van der Waals surface area (Å²) < 4.78 is 0. The van der Waals surface area contributed by atoms with Crippen molar-refractivity contribution < 1.29 is 9.90 Å². The van der Waals surface area contributed by atoms with Crippen LogP contribution in [0.2, 0.25) is 0 Å². The van der Waals surface area contributed by atoms with Crippen LogP contribution in [0.5, 0.6) is 0 Å². The third-order valence-corrected chi connectivity index (χ3v) is 2.23. The quantitative estimate of drug-likeness (QED) is 0.642. The molecule has 0 amide bonds. The maximum Gasteiger partial charge on any atom is 0.320 e. The third-order valence-electron chi connectivity index (χ3n) is 2.23. The van der Waals surface area contributed by atoms with Crippen molar-refractivity contribution in [3.05, 3.63) is 35.4 Å². The third kappa shape index (κ3) is 3.69. The molecular formula is C11H16N2O2. The normalized spacial score (nSPS) is 12.4. The van der Waals surface area contributed by atoms with E-state index in [1.54, 1.807) is 0 Å². The standard InChI is InChI=1S/C11H16N2O2/c12-6-5-8-1-3-9(4-2-8)7-10(13)11(14)15/h1-4,10H,5-7,12-13H2,(H,14,15)/t10-/m0/s1. The van der Waals surface area contributed by atoms with Gasteiger partial charge in [0.2, 0.25) is 0 Å². The topological polar surface area (TPSA) is 89.3 Å². The summed E-state index contributed by atoms with van der Waals surface area (Å²) in [4.78, 5) is 10.5. The zero-order valence-electron chi connectivity index (χ0n) is 8.52. The Morgan fingerprint density at radius 1 is 1.27 bits per heavy atom. The molecule has 0 aliphatic heterocycles. The molecule has 1 aromatic carbocycles. The maximum atomic E-state index is 10.5. The highest BCUT2D eigenvalue weighted by Crippen LogP contribution is 2.06. The van der Waals surface area contributed by atoms with Gasteiger partial charge in [-0.1, -0.05) is 24.3 Å². The smallest absolute Gasteiger partial charge is 0.320 e. The molecular weight excluding hydrogens is 192 g/mol. The van der Waals surface area contributed by atoms with E-state index < -0.39 is 12.0 Å². The first-order valence-corrected chi connectivity index (χ1v) is 4.89. The first-order valence-electron chi connectivity index (χ1n) is 4.89. The number of carbonyl (C=O) groups is 1. The highest BCUT2D eigenvalue weighted by atomic mass is 16.4. The minimum Gasteiger partial charge on any atom is -0.480 e. The molecule has 0 fully saturated rings. The highest BCUT2D eigenvalue weighted by Gasteiger charge is 2.11. The van der Waals surface area contributed by atoms with E-state index in [0.29, 0.717) is 13.0 Å². The zero-order chi connectivity index (χ0) is 11.3. The minimum absolute atomic E-state index is 0.359. The number of hydrogen-bond acceptors (Lipinski definition) is 3. The van der Waals surface area contributed by atoms with E-state index in [1.807, 2.05) is 24.3 Å². The highest BCUT2D eigenvalue weighted by molar-refractivity contribution is 5.73. The van der Waals surface area contributed by atoms with Gasteiger partial charge in [-0.3, -0.25) is 4.79 Å². The van der Waals surface area contributed by atoms with E-state index in [9.17, 15) is 4.79 Å². The number of carboxylic acids is 1.